The van der Waals surface area contributed by atoms with Crippen molar-refractivity contribution in [1.29, 1.82) is 0 Å². The highest BCUT2D eigenvalue weighted by molar-refractivity contribution is 7.47. The van der Waals surface area contributed by atoms with Crippen molar-refractivity contribution in [3.05, 3.63) is 12.2 Å². The smallest absolute Gasteiger partial charge is 0.463 e. The van der Waals surface area contributed by atoms with Gasteiger partial charge in [0.15, 0.2) is 0 Å². The van der Waals surface area contributed by atoms with Crippen molar-refractivity contribution in [2.75, 3.05) is 26.4 Å². The van der Waals surface area contributed by atoms with Crippen molar-refractivity contribution in [2.24, 2.45) is 0 Å². The van der Waals surface area contributed by atoms with Gasteiger partial charge in [-0.1, -0.05) is 148 Å². The molecule has 0 aromatic carbocycles. The van der Waals surface area contributed by atoms with E-state index in [1.807, 2.05) is 0 Å². The molecule has 0 rings (SSSR count). The number of phosphoric ester groups is 1. The molecule has 0 fully saturated rings. The van der Waals surface area contributed by atoms with Crippen molar-refractivity contribution in [1.82, 2.24) is 5.32 Å². The molecule has 0 saturated carbocycles. The van der Waals surface area contributed by atoms with E-state index in [1.165, 1.54) is 103 Å². The van der Waals surface area contributed by atoms with E-state index in [0.29, 0.717) is 6.42 Å². The van der Waals surface area contributed by atoms with Crippen LogP contribution in [0.15, 0.2) is 12.2 Å². The molecule has 0 radical (unpaired) electrons. The number of nitrogens with one attached hydrogen (secondary N) is 1. The Morgan fingerprint density at radius 1 is 0.625 bits per heavy atom. The molecule has 0 aliphatic rings. The Labute approximate surface area is 294 Å². The number of hydrogen-bond donors (Lipinski definition) is 3. The van der Waals surface area contributed by atoms with Gasteiger partial charge in [0.05, 0.1) is 13.2 Å². The van der Waals surface area contributed by atoms with Crippen LogP contribution in [0.4, 0.5) is 0 Å². The first-order valence-electron chi connectivity index (χ1n) is 19.7. The fourth-order valence-corrected chi connectivity index (χ4v) is 6.19. The first-order valence-corrected chi connectivity index (χ1v) is 21.2. The second kappa shape index (κ2) is 35.6. The minimum absolute atomic E-state index is 0.0848. The lowest BCUT2D eigenvalue weighted by Crippen LogP contribution is -2.27. The molecule has 0 aliphatic heterocycles. The standard InChI is InChI=1S/C38H74NO8P/c1-3-5-7-9-11-13-15-17-18-19-21-23-25-27-29-31-38(42)45-34-36(40)35-47-48(43,44)46-33-32-39-37(41)30-28-26-24-22-20-16-14-12-10-8-6-4-2/h17-18,36,40H,3-16,19-35H2,1-2H3,(H,39,41)(H,43,44)/b18-17-. The molecule has 0 aromatic heterocycles. The van der Waals surface area contributed by atoms with Crippen molar-refractivity contribution in [3.8, 4) is 0 Å². The fraction of sp³-hybridized carbons (Fsp3) is 0.895. The third-order valence-electron chi connectivity index (χ3n) is 8.45. The summed E-state index contributed by atoms with van der Waals surface area (Å²) in [4.78, 5) is 33.7. The van der Waals surface area contributed by atoms with Gasteiger partial charge in [0.25, 0.3) is 0 Å². The molecule has 9 nitrogen and oxygen atoms in total. The molecule has 2 atom stereocenters. The Morgan fingerprint density at radius 3 is 1.56 bits per heavy atom. The minimum atomic E-state index is -4.41. The maximum Gasteiger partial charge on any atom is 0.472 e. The quantitative estimate of drug-likeness (QED) is 0.0252. The summed E-state index contributed by atoms with van der Waals surface area (Å²) >= 11 is 0. The van der Waals surface area contributed by atoms with Crippen molar-refractivity contribution >= 4 is 19.7 Å². The van der Waals surface area contributed by atoms with Gasteiger partial charge in [0.1, 0.15) is 12.7 Å². The van der Waals surface area contributed by atoms with Crippen LogP contribution in [0, 0.1) is 0 Å². The molecule has 0 aliphatic carbocycles. The van der Waals surface area contributed by atoms with Crippen LogP contribution < -0.4 is 5.32 Å². The van der Waals surface area contributed by atoms with Gasteiger partial charge in [-0.2, -0.15) is 0 Å². The molecule has 10 heteroatoms. The summed E-state index contributed by atoms with van der Waals surface area (Å²) in [6, 6.07) is 0. The molecule has 284 valence electrons. The Bertz CT molecular complexity index is 810. The van der Waals surface area contributed by atoms with Gasteiger partial charge < -0.3 is 20.1 Å². The molecule has 3 N–H and O–H groups in total. The first-order chi connectivity index (χ1) is 23.3. The van der Waals surface area contributed by atoms with Crippen molar-refractivity contribution in [3.63, 3.8) is 0 Å². The highest BCUT2D eigenvalue weighted by Gasteiger charge is 2.23. The lowest BCUT2D eigenvalue weighted by molar-refractivity contribution is -0.147. The predicted molar refractivity (Wildman–Crippen MR) is 197 cm³/mol. The van der Waals surface area contributed by atoms with Crippen LogP contribution in [0.2, 0.25) is 0 Å². The number of aliphatic hydroxyl groups is 1. The fourth-order valence-electron chi connectivity index (χ4n) is 5.43. The third kappa shape index (κ3) is 36.0. The monoisotopic (exact) mass is 704 g/mol. The molecule has 2 unspecified atom stereocenters. The number of esters is 1. The van der Waals surface area contributed by atoms with E-state index in [9.17, 15) is 24.2 Å². The summed E-state index contributed by atoms with van der Waals surface area (Å²) in [6.45, 7) is 3.54. The minimum Gasteiger partial charge on any atom is -0.463 e. The number of phosphoric acid groups is 1. The SMILES string of the molecule is CCCCCCCC/C=C\CCCCCCCC(=O)OCC(O)COP(=O)(O)OCCNC(=O)CCCCCCCCCCCCCC. The van der Waals surface area contributed by atoms with Crippen LogP contribution in [0.5, 0.6) is 0 Å². The maximum atomic E-state index is 12.0. The van der Waals surface area contributed by atoms with E-state index in [4.69, 9.17) is 13.8 Å². The zero-order chi connectivity index (χ0) is 35.4. The van der Waals surface area contributed by atoms with Crippen LogP contribution in [0.3, 0.4) is 0 Å². The Kier molecular flexibility index (Phi) is 34.6. The third-order valence-corrected chi connectivity index (χ3v) is 9.43. The number of amides is 1. The molecule has 48 heavy (non-hydrogen) atoms. The molecule has 0 bridgehead atoms. The zero-order valence-corrected chi connectivity index (χ0v) is 31.8. The molecular weight excluding hydrogens is 629 g/mol. The lowest BCUT2D eigenvalue weighted by atomic mass is 10.0. The number of hydrogen-bond acceptors (Lipinski definition) is 7. The van der Waals surface area contributed by atoms with Crippen LogP contribution >= 0.6 is 7.82 Å². The van der Waals surface area contributed by atoms with Crippen molar-refractivity contribution < 1.29 is 37.9 Å². The average molecular weight is 704 g/mol. The maximum absolute atomic E-state index is 12.0. The van der Waals surface area contributed by atoms with Crippen LogP contribution in [0.1, 0.15) is 187 Å². The normalized spacial score (nSPS) is 13.5. The number of allylic oxidation sites excluding steroid dienone is 2. The van der Waals surface area contributed by atoms with Gasteiger partial charge in [-0.3, -0.25) is 18.6 Å². The van der Waals surface area contributed by atoms with Gasteiger partial charge >= 0.3 is 13.8 Å². The summed E-state index contributed by atoms with van der Waals surface area (Å²) in [5, 5.41) is 12.6. The molecule has 0 spiro atoms. The highest BCUT2D eigenvalue weighted by Crippen LogP contribution is 2.42. The van der Waals surface area contributed by atoms with Crippen LogP contribution in [0.25, 0.3) is 0 Å². The Morgan fingerprint density at radius 2 is 1.06 bits per heavy atom. The Hall–Kier alpha value is -1.25. The van der Waals surface area contributed by atoms with Crippen LogP contribution in [-0.2, 0) is 27.9 Å². The van der Waals surface area contributed by atoms with E-state index in [0.717, 1.165) is 57.8 Å². The first kappa shape index (κ1) is 46.8. The van der Waals surface area contributed by atoms with E-state index >= 15 is 0 Å². The highest BCUT2D eigenvalue weighted by atomic mass is 31.2. The number of carbonyl (C=O) groups excluding carboxylic acids is 2. The Balaban J connectivity index is 3.61. The summed E-state index contributed by atoms with van der Waals surface area (Å²) in [5.74, 6) is -0.521. The average Bonchev–Trinajstić information content (AvgIpc) is 3.07. The molecule has 1 amide bonds. The number of unbranched alkanes of at least 4 members (excludes halogenated alkanes) is 22. The number of ether oxygens (including phenoxy) is 1. The van der Waals surface area contributed by atoms with Gasteiger partial charge in [-0.15, -0.1) is 0 Å². The summed E-state index contributed by atoms with van der Waals surface area (Å²) in [7, 11) is -4.41. The zero-order valence-electron chi connectivity index (χ0n) is 30.9. The van der Waals surface area contributed by atoms with E-state index in [1.54, 1.807) is 0 Å². The van der Waals surface area contributed by atoms with E-state index in [-0.39, 0.29) is 32.1 Å². The van der Waals surface area contributed by atoms with E-state index in [2.05, 4.69) is 31.3 Å². The van der Waals surface area contributed by atoms with Gasteiger partial charge in [-0.25, -0.2) is 4.57 Å². The summed E-state index contributed by atoms with van der Waals surface area (Å²) < 4.78 is 26.8. The number of rotatable bonds is 37. The molecule has 0 heterocycles. The lowest BCUT2D eigenvalue weighted by Gasteiger charge is -2.15. The second-order valence-corrected chi connectivity index (χ2v) is 14.7. The van der Waals surface area contributed by atoms with Crippen LogP contribution in [-0.4, -0.2) is 54.3 Å². The molecule has 0 aromatic rings. The van der Waals surface area contributed by atoms with Gasteiger partial charge in [-0.05, 0) is 38.5 Å². The summed E-state index contributed by atoms with van der Waals surface area (Å²) in [5.41, 5.74) is 0. The second-order valence-electron chi connectivity index (χ2n) is 13.3. The predicted octanol–water partition coefficient (Wildman–Crippen LogP) is 10.3. The van der Waals surface area contributed by atoms with E-state index < -0.39 is 26.5 Å². The topological polar surface area (TPSA) is 131 Å². The van der Waals surface area contributed by atoms with Gasteiger partial charge in [0, 0.05) is 19.4 Å². The summed E-state index contributed by atoms with van der Waals surface area (Å²) in [6.07, 6.45) is 34.2. The van der Waals surface area contributed by atoms with Crippen molar-refractivity contribution in [2.45, 2.75) is 193 Å². The largest absolute Gasteiger partial charge is 0.472 e. The number of carbonyl (C=O) groups is 2. The molecular formula is C38H74NO8P. The number of aliphatic hydroxyl groups excluding tert-OH is 1. The molecule has 0 saturated heterocycles. The van der Waals surface area contributed by atoms with Gasteiger partial charge in [0.2, 0.25) is 5.91 Å².